The van der Waals surface area contributed by atoms with Gasteiger partial charge in [-0.1, -0.05) is 105 Å². The monoisotopic (exact) mass is 1460 g/mol. The van der Waals surface area contributed by atoms with Crippen LogP contribution in [0.1, 0.15) is 133 Å². The smallest absolute Gasteiger partial charge is 0.360 e. The van der Waals surface area contributed by atoms with Gasteiger partial charge in [0.05, 0.1) is 67.4 Å². The standard InChI is InChI=1S/C28H29ClFN5O3.C27H27ClFN5O3.C19H19ClFN5O2/c1-28(2)12-14-34(15-13-28)25-24(27(36)38-4)31-23-22(19-6-5-7-20(29)21(19)30)33-35(26(23)32-25)16-17-8-10-18(37-3)11-9-17;1-27(2)11-13-33(14-12-27)24-23(26(35)36)30-22-21(18-5-4-6-19(28)20(18)29)32-34(25(22)31-24)15-16-7-9-17(37-3)10-8-16;1-19(22)5-7-26(8-6-19)17-16(18(27)28)25-15-12(24-17)9-23-14(15)10-3-2-4-11(20)13(10)21/h5-11H,12-16H2,1-4H3;4-10H,11-15H2,1-3H3,(H,35,36);2-4H,5-9,22H2,1H3,(H,27,28). The number of anilines is 3. The number of carboxylic acids is 2. The molecule has 0 bridgehead atoms. The first kappa shape index (κ1) is 72.8. The minimum atomic E-state index is -1.20. The molecule has 0 unspecified atom stereocenters. The predicted octanol–water partition coefficient (Wildman–Crippen LogP) is 14.1. The summed E-state index contributed by atoms with van der Waals surface area (Å²) in [4.78, 5) is 75.1. The zero-order chi connectivity index (χ0) is 73.4. The van der Waals surface area contributed by atoms with Gasteiger partial charge in [0.15, 0.2) is 63.3 Å². The number of halogens is 6. The topological polar surface area (TPSA) is 280 Å². The second kappa shape index (κ2) is 29.7. The molecule has 5 aromatic carbocycles. The minimum Gasteiger partial charge on any atom is -0.497 e. The van der Waals surface area contributed by atoms with Crippen LogP contribution in [0.15, 0.2) is 108 Å². The zero-order valence-electron chi connectivity index (χ0n) is 57.9. The number of aromatic nitrogens is 10. The molecular formula is C74H75Cl3F3N15O8. The fourth-order valence-electron chi connectivity index (χ4n) is 12.7. The van der Waals surface area contributed by atoms with Crippen molar-refractivity contribution >= 4 is 98.2 Å². The number of carboxylic acid groups (broad SMARTS) is 2. The number of aromatic carboxylic acids is 2. The molecule has 0 radical (unpaired) electrons. The third-order valence-corrected chi connectivity index (χ3v) is 20.0. The SMILES string of the molecule is CC1(N)CCN(c2nc3c(nc2C(=O)O)C(c2cccc(Cl)c2F)=NC3)CC1.COC(=O)c1nc2c(-c3cccc(Cl)c3F)nn(Cc3ccc(OC)cc3)c2nc1N1CCC(C)(C)CC1.COc1ccc(Cn2nc(-c3cccc(Cl)c3F)c3nc(C(=O)O)c(N4CCC(C)(C)CC4)nc32)cc1. The number of carbonyl (C=O) groups excluding carboxylic acids is 1. The van der Waals surface area contributed by atoms with Crippen LogP contribution < -0.4 is 29.9 Å². The average Bonchev–Trinajstić information content (AvgIpc) is 1.64. The summed E-state index contributed by atoms with van der Waals surface area (Å²) in [7, 11) is 4.52. The fraction of sp³-hybridized carbons (Fsp3) is 0.351. The molecule has 14 rings (SSSR count). The van der Waals surface area contributed by atoms with Crippen molar-refractivity contribution in [3.05, 3.63) is 181 Å². The van der Waals surface area contributed by atoms with Crippen molar-refractivity contribution in [2.75, 3.05) is 75.3 Å². The Morgan fingerprint density at radius 1 is 0.495 bits per heavy atom. The first-order valence-corrected chi connectivity index (χ1v) is 34.5. The van der Waals surface area contributed by atoms with Crippen LogP contribution in [-0.4, -0.2) is 149 Å². The second-order valence-corrected chi connectivity index (χ2v) is 28.8. The van der Waals surface area contributed by atoms with Gasteiger partial charge in [-0.2, -0.15) is 10.2 Å². The largest absolute Gasteiger partial charge is 0.497 e. The summed E-state index contributed by atoms with van der Waals surface area (Å²) in [6.45, 7) is 15.7. The summed E-state index contributed by atoms with van der Waals surface area (Å²) < 4.78 is 63.6. The lowest BCUT2D eigenvalue weighted by atomic mass is 9.82. The Labute approximate surface area is 606 Å². The molecule has 103 heavy (non-hydrogen) atoms. The van der Waals surface area contributed by atoms with E-state index >= 15 is 8.78 Å². The quantitative estimate of drug-likeness (QED) is 0.0804. The molecule has 0 amide bonds. The van der Waals surface area contributed by atoms with Crippen molar-refractivity contribution in [2.24, 2.45) is 21.6 Å². The van der Waals surface area contributed by atoms with Crippen LogP contribution in [0.25, 0.3) is 44.8 Å². The van der Waals surface area contributed by atoms with Gasteiger partial charge in [-0.3, -0.25) is 4.99 Å². The molecule has 0 spiro atoms. The van der Waals surface area contributed by atoms with Crippen molar-refractivity contribution in [2.45, 2.75) is 98.3 Å². The molecule has 0 saturated carbocycles. The van der Waals surface area contributed by atoms with E-state index in [9.17, 15) is 29.0 Å². The van der Waals surface area contributed by atoms with Crippen molar-refractivity contribution in [1.29, 1.82) is 0 Å². The highest BCUT2D eigenvalue weighted by Gasteiger charge is 2.36. The van der Waals surface area contributed by atoms with E-state index < -0.39 is 35.4 Å². The van der Waals surface area contributed by atoms with E-state index in [-0.39, 0.29) is 100 Å². The maximum absolute atomic E-state index is 15.2. The number of ether oxygens (including phenoxy) is 3. The van der Waals surface area contributed by atoms with Gasteiger partial charge < -0.3 is 44.9 Å². The molecule has 4 aliphatic heterocycles. The van der Waals surface area contributed by atoms with E-state index in [1.807, 2.05) is 65.3 Å². The summed E-state index contributed by atoms with van der Waals surface area (Å²) in [6, 6.07) is 29.0. The average molecular weight is 1470 g/mol. The molecule has 23 nitrogen and oxygen atoms in total. The Morgan fingerprint density at radius 3 is 1.29 bits per heavy atom. The summed E-state index contributed by atoms with van der Waals surface area (Å²) in [5.41, 5.74) is 11.1. The lowest BCUT2D eigenvalue weighted by Crippen LogP contribution is -2.48. The molecule has 536 valence electrons. The van der Waals surface area contributed by atoms with Gasteiger partial charge in [-0.15, -0.1) is 0 Å². The van der Waals surface area contributed by atoms with Crippen molar-refractivity contribution in [3.8, 4) is 34.0 Å². The van der Waals surface area contributed by atoms with Crippen LogP contribution in [0.5, 0.6) is 11.5 Å². The number of benzene rings is 5. The zero-order valence-corrected chi connectivity index (χ0v) is 60.1. The van der Waals surface area contributed by atoms with Gasteiger partial charge in [-0.25, -0.2) is 66.8 Å². The third kappa shape index (κ3) is 15.5. The molecule has 3 fully saturated rings. The van der Waals surface area contributed by atoms with Crippen molar-refractivity contribution < 1.29 is 52.0 Å². The van der Waals surface area contributed by atoms with Gasteiger partial charge >= 0.3 is 17.9 Å². The van der Waals surface area contributed by atoms with E-state index in [2.05, 4.69) is 57.6 Å². The lowest BCUT2D eigenvalue weighted by Gasteiger charge is -2.37. The Bertz CT molecular complexity index is 4930. The molecule has 3 saturated heterocycles. The number of hydrogen-bond acceptors (Lipinski definition) is 19. The molecule has 5 aromatic heterocycles. The minimum absolute atomic E-state index is 0.0326. The van der Waals surface area contributed by atoms with Gasteiger partial charge in [0.25, 0.3) is 0 Å². The van der Waals surface area contributed by atoms with Crippen LogP contribution in [0.2, 0.25) is 15.1 Å². The van der Waals surface area contributed by atoms with Gasteiger partial charge in [-0.05, 0) is 128 Å². The Kier molecular flexibility index (Phi) is 21.0. The number of esters is 1. The maximum atomic E-state index is 15.2. The molecule has 29 heteroatoms. The molecule has 0 aliphatic carbocycles. The van der Waals surface area contributed by atoms with E-state index in [1.54, 1.807) is 53.9 Å². The highest BCUT2D eigenvalue weighted by Crippen LogP contribution is 2.40. The van der Waals surface area contributed by atoms with Crippen LogP contribution >= 0.6 is 34.8 Å². The van der Waals surface area contributed by atoms with E-state index in [1.165, 1.54) is 31.4 Å². The first-order chi connectivity index (χ1) is 49.1. The Balaban J connectivity index is 0.000000147. The van der Waals surface area contributed by atoms with Crippen molar-refractivity contribution in [1.82, 2.24) is 49.5 Å². The number of methoxy groups -OCH3 is 3. The number of nitrogens with two attached hydrogens (primary N) is 1. The third-order valence-electron chi connectivity index (χ3n) is 19.1. The highest BCUT2D eigenvalue weighted by atomic mass is 35.5. The Hall–Kier alpha value is -10.0. The van der Waals surface area contributed by atoms with Crippen LogP contribution in [-0.2, 0) is 24.4 Å². The van der Waals surface area contributed by atoms with Gasteiger partial charge in [0.1, 0.15) is 39.6 Å². The fourth-order valence-corrected chi connectivity index (χ4v) is 13.2. The highest BCUT2D eigenvalue weighted by molar-refractivity contribution is 6.32. The molecule has 0 atom stereocenters. The van der Waals surface area contributed by atoms with E-state index in [0.29, 0.717) is 79.2 Å². The summed E-state index contributed by atoms with van der Waals surface area (Å²) in [5.74, 6) is -2.39. The number of piperidine rings is 3. The summed E-state index contributed by atoms with van der Waals surface area (Å²) in [6.07, 6.45) is 5.13. The van der Waals surface area contributed by atoms with Gasteiger partial charge in [0, 0.05) is 61.5 Å². The second-order valence-electron chi connectivity index (χ2n) is 27.6. The number of fused-ring (bicyclic) bond motifs is 3. The van der Waals surface area contributed by atoms with Crippen LogP contribution in [0, 0.1) is 28.3 Å². The number of nitrogens with zero attached hydrogens (tertiary/aromatic N) is 14. The normalized spacial score (nSPS) is 15.9. The molecular weight excluding hydrogens is 1390 g/mol. The molecule has 4 N–H and O–H groups in total. The molecule has 9 heterocycles. The molecule has 4 aliphatic rings. The number of hydrogen-bond donors (Lipinski definition) is 3. The first-order valence-electron chi connectivity index (χ1n) is 33.3. The van der Waals surface area contributed by atoms with Crippen molar-refractivity contribution in [3.63, 3.8) is 0 Å². The number of aliphatic imine (C=N–C) groups is 1. The summed E-state index contributed by atoms with van der Waals surface area (Å²) in [5, 5.41) is 29.0. The lowest BCUT2D eigenvalue weighted by molar-refractivity contribution is 0.0592. The van der Waals surface area contributed by atoms with E-state index in [0.717, 1.165) is 74.2 Å². The summed E-state index contributed by atoms with van der Waals surface area (Å²) >= 11 is 18.0. The predicted molar refractivity (Wildman–Crippen MR) is 388 cm³/mol. The van der Waals surface area contributed by atoms with E-state index in [4.69, 9.17) is 74.8 Å². The van der Waals surface area contributed by atoms with Crippen LogP contribution in [0.4, 0.5) is 30.6 Å². The maximum Gasteiger partial charge on any atom is 0.360 e. The number of carbonyl (C=O) groups is 3. The van der Waals surface area contributed by atoms with Crippen LogP contribution in [0.3, 0.4) is 0 Å². The Morgan fingerprint density at radius 2 is 0.874 bits per heavy atom. The molecule has 10 aromatic rings. The number of rotatable bonds is 15. The van der Waals surface area contributed by atoms with Gasteiger partial charge in [0.2, 0.25) is 0 Å².